The molecule has 136 valence electrons. The molecular weight excluding hydrogens is 326 g/mol. The molecule has 0 saturated heterocycles. The third kappa shape index (κ3) is 4.85. The third-order valence-electron chi connectivity index (χ3n) is 4.62. The van der Waals surface area contributed by atoms with E-state index in [0.29, 0.717) is 0 Å². The van der Waals surface area contributed by atoms with Crippen LogP contribution < -0.4 is 16.0 Å². The van der Waals surface area contributed by atoms with Crippen LogP contribution in [0.15, 0.2) is 54.6 Å². The van der Waals surface area contributed by atoms with Crippen molar-refractivity contribution in [3.8, 4) is 0 Å². The Morgan fingerprint density at radius 1 is 0.846 bits per heavy atom. The summed E-state index contributed by atoms with van der Waals surface area (Å²) in [5.74, 6) is 0.281. The summed E-state index contributed by atoms with van der Waals surface area (Å²) in [6.45, 7) is 3.89. The molecule has 2 aromatic carbocycles. The molecule has 3 rings (SSSR count). The molecule has 3 amide bonds. The molecule has 0 spiro atoms. The summed E-state index contributed by atoms with van der Waals surface area (Å²) < 4.78 is 0. The lowest BCUT2D eigenvalue weighted by Crippen LogP contribution is -2.38. The Balaban J connectivity index is 1.51. The van der Waals surface area contributed by atoms with E-state index in [4.69, 9.17) is 0 Å². The van der Waals surface area contributed by atoms with Crippen LogP contribution in [0.25, 0.3) is 0 Å². The third-order valence-corrected chi connectivity index (χ3v) is 4.62. The molecule has 0 heterocycles. The van der Waals surface area contributed by atoms with Gasteiger partial charge in [0, 0.05) is 11.6 Å². The van der Waals surface area contributed by atoms with Crippen LogP contribution in [0.3, 0.4) is 0 Å². The molecule has 26 heavy (non-hydrogen) atoms. The van der Waals surface area contributed by atoms with Gasteiger partial charge in [0.15, 0.2) is 0 Å². The fraction of sp³-hybridized carbons (Fsp3) is 0.333. The van der Waals surface area contributed by atoms with Crippen LogP contribution in [-0.4, -0.2) is 11.9 Å². The maximum absolute atomic E-state index is 12.2. The molecule has 5 nitrogen and oxygen atoms in total. The fourth-order valence-corrected chi connectivity index (χ4v) is 2.79. The second-order valence-corrected chi connectivity index (χ2v) is 6.86. The molecule has 0 aromatic heterocycles. The van der Waals surface area contributed by atoms with E-state index in [2.05, 4.69) is 16.0 Å². The van der Waals surface area contributed by atoms with Gasteiger partial charge in [-0.3, -0.25) is 4.79 Å². The average Bonchev–Trinajstić information content (AvgIpc) is 3.48. The van der Waals surface area contributed by atoms with Crippen molar-refractivity contribution in [1.29, 1.82) is 0 Å². The molecule has 1 fully saturated rings. The van der Waals surface area contributed by atoms with Gasteiger partial charge in [0.25, 0.3) is 0 Å². The summed E-state index contributed by atoms with van der Waals surface area (Å²) in [6, 6.07) is 17.0. The lowest BCUT2D eigenvalue weighted by molar-refractivity contribution is -0.117. The number of carbonyl (C=O) groups is 2. The lowest BCUT2D eigenvalue weighted by atomic mass is 10.1. The largest absolute Gasteiger partial charge is 0.332 e. The maximum Gasteiger partial charge on any atom is 0.315 e. The van der Waals surface area contributed by atoms with Gasteiger partial charge in [-0.1, -0.05) is 42.5 Å². The number of carbonyl (C=O) groups excluding carboxylic acids is 2. The van der Waals surface area contributed by atoms with Crippen molar-refractivity contribution >= 4 is 17.6 Å². The van der Waals surface area contributed by atoms with Gasteiger partial charge in [0.2, 0.25) is 5.91 Å². The predicted octanol–water partition coefficient (Wildman–Crippen LogP) is 4.16. The van der Waals surface area contributed by atoms with Crippen LogP contribution in [0, 0.1) is 5.92 Å². The fourth-order valence-electron chi connectivity index (χ4n) is 2.79. The average molecular weight is 351 g/mol. The van der Waals surface area contributed by atoms with Gasteiger partial charge < -0.3 is 16.0 Å². The van der Waals surface area contributed by atoms with Gasteiger partial charge in [-0.25, -0.2) is 4.79 Å². The SMILES string of the molecule is C[C@H](NC(=O)N[C@@H](C)c1ccc(NC(=O)C2CC2)cc1)c1ccccc1. The highest BCUT2D eigenvalue weighted by atomic mass is 16.2. The number of hydrogen-bond acceptors (Lipinski definition) is 2. The van der Waals surface area contributed by atoms with Gasteiger partial charge in [-0.05, 0) is 49.9 Å². The zero-order valence-corrected chi connectivity index (χ0v) is 15.2. The summed E-state index contributed by atoms with van der Waals surface area (Å²) in [6.07, 6.45) is 1.97. The predicted molar refractivity (Wildman–Crippen MR) is 103 cm³/mol. The highest BCUT2D eigenvalue weighted by Gasteiger charge is 2.29. The molecule has 2 aromatic rings. The Kier molecular flexibility index (Phi) is 5.56. The first-order valence-corrected chi connectivity index (χ1v) is 9.05. The minimum atomic E-state index is -0.208. The van der Waals surface area contributed by atoms with Gasteiger partial charge in [-0.2, -0.15) is 0 Å². The number of nitrogens with one attached hydrogen (secondary N) is 3. The van der Waals surface area contributed by atoms with Crippen LogP contribution in [0.5, 0.6) is 0 Å². The van der Waals surface area contributed by atoms with E-state index in [-0.39, 0.29) is 29.9 Å². The topological polar surface area (TPSA) is 70.2 Å². The second kappa shape index (κ2) is 8.04. The summed E-state index contributed by atoms with van der Waals surface area (Å²) in [5, 5.41) is 8.81. The van der Waals surface area contributed by atoms with Crippen LogP contribution in [-0.2, 0) is 4.79 Å². The van der Waals surface area contributed by atoms with E-state index < -0.39 is 0 Å². The van der Waals surface area contributed by atoms with Crippen LogP contribution >= 0.6 is 0 Å². The molecule has 1 aliphatic rings. The van der Waals surface area contributed by atoms with Crippen LogP contribution in [0.1, 0.15) is 49.9 Å². The molecule has 2 atom stereocenters. The lowest BCUT2D eigenvalue weighted by Gasteiger charge is -2.19. The van der Waals surface area contributed by atoms with Crippen molar-refractivity contribution in [2.45, 2.75) is 38.8 Å². The van der Waals surface area contributed by atoms with Gasteiger partial charge in [0.05, 0.1) is 12.1 Å². The molecule has 1 saturated carbocycles. The van der Waals surface area contributed by atoms with Crippen LogP contribution in [0.4, 0.5) is 10.5 Å². The Hall–Kier alpha value is -2.82. The van der Waals surface area contributed by atoms with Crippen molar-refractivity contribution in [3.63, 3.8) is 0 Å². The summed E-state index contributed by atoms with van der Waals surface area (Å²) >= 11 is 0. The molecule has 0 radical (unpaired) electrons. The number of urea groups is 1. The Morgan fingerprint density at radius 3 is 1.92 bits per heavy atom. The van der Waals surface area contributed by atoms with E-state index >= 15 is 0 Å². The van der Waals surface area contributed by atoms with Crippen molar-refractivity contribution in [1.82, 2.24) is 10.6 Å². The summed E-state index contributed by atoms with van der Waals surface area (Å²) in [7, 11) is 0. The maximum atomic E-state index is 12.2. The Bertz CT molecular complexity index is 755. The number of benzene rings is 2. The number of anilines is 1. The van der Waals surface area contributed by atoms with Gasteiger partial charge in [-0.15, -0.1) is 0 Å². The standard InChI is InChI=1S/C21H25N3O2/c1-14(16-6-4-3-5-7-16)22-21(26)23-15(2)17-10-12-19(13-11-17)24-20(25)18-8-9-18/h3-7,10-15,18H,8-9H2,1-2H3,(H,24,25)(H2,22,23,26)/t14-,15-/m0/s1. The highest BCUT2D eigenvalue weighted by molar-refractivity contribution is 5.94. The second-order valence-electron chi connectivity index (χ2n) is 6.86. The molecule has 1 aliphatic carbocycles. The van der Waals surface area contributed by atoms with Gasteiger partial charge >= 0.3 is 6.03 Å². The summed E-state index contributed by atoms with van der Waals surface area (Å²) in [5.41, 5.74) is 2.84. The van der Waals surface area contributed by atoms with Gasteiger partial charge in [0.1, 0.15) is 0 Å². The first kappa shape index (κ1) is 18.0. The minimum Gasteiger partial charge on any atom is -0.332 e. The number of amides is 3. The van der Waals surface area contributed by atoms with Crippen molar-refractivity contribution < 1.29 is 9.59 Å². The molecule has 0 aliphatic heterocycles. The number of rotatable bonds is 6. The molecule has 0 unspecified atom stereocenters. The van der Waals surface area contributed by atoms with Crippen molar-refractivity contribution in [2.75, 3.05) is 5.32 Å². The monoisotopic (exact) mass is 351 g/mol. The molecule has 5 heteroatoms. The Labute approximate surface area is 154 Å². The molecule has 0 bridgehead atoms. The van der Waals surface area contributed by atoms with Crippen LogP contribution in [0.2, 0.25) is 0 Å². The zero-order chi connectivity index (χ0) is 18.5. The molecule has 3 N–H and O–H groups in total. The van der Waals surface area contributed by atoms with Crippen molar-refractivity contribution in [3.05, 3.63) is 65.7 Å². The van der Waals surface area contributed by atoms with E-state index in [1.165, 1.54) is 0 Å². The smallest absolute Gasteiger partial charge is 0.315 e. The van der Waals surface area contributed by atoms with E-state index in [1.54, 1.807) is 0 Å². The minimum absolute atomic E-state index is 0.0663. The van der Waals surface area contributed by atoms with E-state index in [0.717, 1.165) is 29.7 Å². The highest BCUT2D eigenvalue weighted by Crippen LogP contribution is 2.30. The van der Waals surface area contributed by atoms with Crippen molar-refractivity contribution in [2.24, 2.45) is 5.92 Å². The quantitative estimate of drug-likeness (QED) is 0.731. The normalized spacial score (nSPS) is 15.6. The van der Waals surface area contributed by atoms with E-state index in [9.17, 15) is 9.59 Å². The zero-order valence-electron chi connectivity index (χ0n) is 15.2. The summed E-state index contributed by atoms with van der Waals surface area (Å²) in [4.78, 5) is 24.0. The first-order chi connectivity index (χ1) is 12.5. The number of hydrogen-bond donors (Lipinski definition) is 3. The van der Waals surface area contributed by atoms with E-state index in [1.807, 2.05) is 68.4 Å². The molecular formula is C21H25N3O2. The Morgan fingerprint density at radius 2 is 1.38 bits per heavy atom. The first-order valence-electron chi connectivity index (χ1n) is 9.05.